The van der Waals surface area contributed by atoms with E-state index in [-0.39, 0.29) is 0 Å². The van der Waals surface area contributed by atoms with Gasteiger partial charge in [-0.05, 0) is 66.5 Å². The third kappa shape index (κ3) is 4.87. The molecular formula is C25H31BrN10O. The van der Waals surface area contributed by atoms with E-state index in [1.165, 1.54) is 37.2 Å². The van der Waals surface area contributed by atoms with Gasteiger partial charge in [0.2, 0.25) is 11.7 Å². The number of nitrogens with zero attached hydrogens (tertiary/aromatic N) is 8. The average Bonchev–Trinajstić information content (AvgIpc) is 3.67. The van der Waals surface area contributed by atoms with Crippen LogP contribution in [0.2, 0.25) is 0 Å². The fourth-order valence-electron chi connectivity index (χ4n) is 5.32. The lowest BCUT2D eigenvalue weighted by Crippen LogP contribution is -2.47. The van der Waals surface area contributed by atoms with E-state index in [2.05, 4.69) is 85.3 Å². The van der Waals surface area contributed by atoms with E-state index in [1.807, 2.05) is 6.92 Å². The van der Waals surface area contributed by atoms with E-state index >= 15 is 0 Å². The monoisotopic (exact) mass is 566 g/mol. The van der Waals surface area contributed by atoms with Crippen molar-refractivity contribution in [1.29, 1.82) is 0 Å². The molecule has 0 unspecified atom stereocenters. The second-order valence-corrected chi connectivity index (χ2v) is 10.4. The smallest absolute Gasteiger partial charge is 0.223 e. The van der Waals surface area contributed by atoms with E-state index in [0.717, 1.165) is 72.0 Å². The van der Waals surface area contributed by atoms with E-state index in [0.29, 0.717) is 11.7 Å². The largest absolute Gasteiger partial charge is 0.383 e. The van der Waals surface area contributed by atoms with E-state index in [4.69, 9.17) is 4.52 Å². The first-order chi connectivity index (χ1) is 18.1. The van der Waals surface area contributed by atoms with E-state index in [1.54, 1.807) is 6.33 Å². The maximum atomic E-state index is 5.29. The number of aromatic amines is 1. The highest BCUT2D eigenvalue weighted by Gasteiger charge is 2.24. The van der Waals surface area contributed by atoms with Gasteiger partial charge in [-0.1, -0.05) is 5.16 Å². The second-order valence-electron chi connectivity index (χ2n) is 9.69. The zero-order valence-corrected chi connectivity index (χ0v) is 22.8. The first kappa shape index (κ1) is 24.1. The summed E-state index contributed by atoms with van der Waals surface area (Å²) in [6, 6.07) is 4.34. The maximum absolute atomic E-state index is 5.29. The van der Waals surface area contributed by atoms with Crippen LogP contribution in [0.3, 0.4) is 0 Å². The van der Waals surface area contributed by atoms with Gasteiger partial charge in [-0.3, -0.25) is 5.10 Å². The zero-order chi connectivity index (χ0) is 25.4. The molecule has 0 atom stereocenters. The minimum absolute atomic E-state index is 0.566. The molecule has 12 heteroatoms. The van der Waals surface area contributed by atoms with E-state index < -0.39 is 0 Å². The van der Waals surface area contributed by atoms with Crippen molar-refractivity contribution < 1.29 is 4.52 Å². The average molecular weight is 567 g/mol. The topological polar surface area (TPSA) is 115 Å². The minimum atomic E-state index is 0.566. The van der Waals surface area contributed by atoms with Crippen molar-refractivity contribution in [2.75, 3.05) is 67.5 Å². The van der Waals surface area contributed by atoms with Gasteiger partial charge in [0, 0.05) is 63.1 Å². The molecule has 2 aliphatic rings. The van der Waals surface area contributed by atoms with Crippen molar-refractivity contribution in [3.05, 3.63) is 34.5 Å². The highest BCUT2D eigenvalue weighted by atomic mass is 79.9. The number of aryl methyl sites for hydroxylation is 1. The molecule has 2 N–H and O–H groups in total. The summed E-state index contributed by atoms with van der Waals surface area (Å²) >= 11 is 3.54. The van der Waals surface area contributed by atoms with Crippen LogP contribution in [0.15, 0.2) is 27.6 Å². The van der Waals surface area contributed by atoms with Crippen molar-refractivity contribution >= 4 is 44.2 Å². The van der Waals surface area contributed by atoms with Gasteiger partial charge in [0.25, 0.3) is 0 Å². The number of anilines is 3. The summed E-state index contributed by atoms with van der Waals surface area (Å²) in [6.45, 7) is 11.8. The number of hydrogen-bond acceptors (Lipinski definition) is 10. The fraction of sp³-hybridized carbons (Fsp3) is 0.480. The number of hydrogen-bond donors (Lipinski definition) is 2. The molecule has 2 saturated heterocycles. The maximum Gasteiger partial charge on any atom is 0.223 e. The van der Waals surface area contributed by atoms with Crippen LogP contribution in [-0.2, 0) is 0 Å². The molecule has 0 spiro atoms. The third-order valence-corrected chi connectivity index (χ3v) is 7.90. The number of benzene rings is 1. The van der Waals surface area contributed by atoms with Crippen LogP contribution in [0.1, 0.15) is 24.3 Å². The molecule has 2 fully saturated rings. The number of rotatable bonds is 7. The molecule has 0 bridgehead atoms. The van der Waals surface area contributed by atoms with Gasteiger partial charge in [-0.25, -0.2) is 9.97 Å². The summed E-state index contributed by atoms with van der Waals surface area (Å²) in [5.41, 5.74) is 5.25. The van der Waals surface area contributed by atoms with E-state index in [9.17, 15) is 0 Å². The second kappa shape index (κ2) is 10.3. The molecule has 6 rings (SSSR count). The van der Waals surface area contributed by atoms with Crippen LogP contribution >= 0.6 is 15.9 Å². The predicted molar refractivity (Wildman–Crippen MR) is 147 cm³/mol. The Morgan fingerprint density at radius 2 is 1.81 bits per heavy atom. The van der Waals surface area contributed by atoms with Gasteiger partial charge in [0.15, 0.2) is 5.65 Å². The summed E-state index contributed by atoms with van der Waals surface area (Å²) in [6.07, 6.45) is 4.20. The van der Waals surface area contributed by atoms with Gasteiger partial charge in [-0.15, -0.1) is 0 Å². The Bertz CT molecular complexity index is 1390. The van der Waals surface area contributed by atoms with Gasteiger partial charge >= 0.3 is 0 Å². The molecule has 194 valence electrons. The van der Waals surface area contributed by atoms with Crippen LogP contribution in [0.25, 0.3) is 22.4 Å². The molecule has 2 aliphatic heterocycles. The van der Waals surface area contributed by atoms with Gasteiger partial charge in [0.1, 0.15) is 16.7 Å². The Balaban J connectivity index is 1.24. The molecule has 0 saturated carbocycles. The first-order valence-corrected chi connectivity index (χ1v) is 13.6. The molecule has 11 nitrogen and oxygen atoms in total. The SMILES string of the molecule is Cc1nc(-c2cc(NCCN3CCCC3)c(C)c(N3CCN(c4ncnc5[nH]nc(Br)c45)CC3)c2)no1. The van der Waals surface area contributed by atoms with Crippen molar-refractivity contribution in [1.82, 2.24) is 35.2 Å². The predicted octanol–water partition coefficient (Wildman–Crippen LogP) is 3.62. The van der Waals surface area contributed by atoms with Gasteiger partial charge < -0.3 is 24.5 Å². The highest BCUT2D eigenvalue weighted by molar-refractivity contribution is 9.10. The molecular weight excluding hydrogens is 536 g/mol. The Hall–Kier alpha value is -3.25. The minimum Gasteiger partial charge on any atom is -0.383 e. The molecule has 0 aliphatic carbocycles. The van der Waals surface area contributed by atoms with Crippen LogP contribution in [0.4, 0.5) is 17.2 Å². The number of aromatic nitrogens is 6. The van der Waals surface area contributed by atoms with Crippen LogP contribution in [-0.4, -0.2) is 87.6 Å². The number of fused-ring (bicyclic) bond motifs is 1. The lowest BCUT2D eigenvalue weighted by atomic mass is 10.0. The van der Waals surface area contributed by atoms with Crippen molar-refractivity contribution in [2.45, 2.75) is 26.7 Å². The summed E-state index contributed by atoms with van der Waals surface area (Å²) in [5, 5.41) is 16.0. The Labute approximate surface area is 223 Å². The summed E-state index contributed by atoms with van der Waals surface area (Å²) in [4.78, 5) is 20.7. The normalized spacial score (nSPS) is 16.7. The van der Waals surface area contributed by atoms with Crippen LogP contribution in [0.5, 0.6) is 0 Å². The lowest BCUT2D eigenvalue weighted by Gasteiger charge is -2.38. The van der Waals surface area contributed by atoms with Crippen molar-refractivity contribution in [2.24, 2.45) is 0 Å². The fourth-order valence-corrected chi connectivity index (χ4v) is 5.77. The molecule has 0 amide bonds. The van der Waals surface area contributed by atoms with Gasteiger partial charge in [-0.2, -0.15) is 10.1 Å². The summed E-state index contributed by atoms with van der Waals surface area (Å²) < 4.78 is 6.03. The number of H-pyrrole nitrogens is 1. The standard InChI is InChI=1S/C25H31BrN10O/c1-16-19(27-5-8-34-6-3-4-7-34)13-18(23-30-17(2)37-33-23)14-20(16)35-9-11-36(12-10-35)25-21-22(26)31-32-24(21)28-15-29-25/h13-15,27H,3-12H2,1-2H3,(H,28,29,31,32). The Morgan fingerprint density at radius 3 is 2.57 bits per heavy atom. The molecule has 3 aromatic heterocycles. The van der Waals surface area contributed by atoms with Crippen LogP contribution in [0, 0.1) is 13.8 Å². The number of halogens is 1. The molecule has 1 aromatic carbocycles. The van der Waals surface area contributed by atoms with Crippen LogP contribution < -0.4 is 15.1 Å². The molecule has 5 heterocycles. The lowest BCUT2D eigenvalue weighted by molar-refractivity contribution is 0.352. The molecule has 0 radical (unpaired) electrons. The quantitative estimate of drug-likeness (QED) is 0.343. The third-order valence-electron chi connectivity index (χ3n) is 7.32. The summed E-state index contributed by atoms with van der Waals surface area (Å²) in [7, 11) is 0. The highest BCUT2D eigenvalue weighted by Crippen LogP contribution is 2.35. The summed E-state index contributed by atoms with van der Waals surface area (Å²) in [5.74, 6) is 2.09. The van der Waals surface area contributed by atoms with Crippen molar-refractivity contribution in [3.8, 4) is 11.4 Å². The Kier molecular flexibility index (Phi) is 6.68. The number of piperazine rings is 1. The van der Waals surface area contributed by atoms with Gasteiger partial charge in [0.05, 0.1) is 5.39 Å². The molecule has 4 aromatic rings. The molecule has 37 heavy (non-hydrogen) atoms. The zero-order valence-electron chi connectivity index (χ0n) is 21.2. The number of likely N-dealkylation sites (tertiary alicyclic amines) is 1. The van der Waals surface area contributed by atoms with Crippen molar-refractivity contribution in [3.63, 3.8) is 0 Å². The Morgan fingerprint density at radius 1 is 1.03 bits per heavy atom. The number of nitrogens with one attached hydrogen (secondary N) is 2. The first-order valence-electron chi connectivity index (χ1n) is 12.8.